The van der Waals surface area contributed by atoms with Crippen molar-refractivity contribution in [1.82, 2.24) is 4.98 Å². The summed E-state index contributed by atoms with van der Waals surface area (Å²) < 4.78 is 44.0. The average Bonchev–Trinajstić information content (AvgIpc) is 2.73. The summed E-state index contributed by atoms with van der Waals surface area (Å²) in [4.78, 5) is 28.9. The van der Waals surface area contributed by atoms with Crippen molar-refractivity contribution in [3.63, 3.8) is 0 Å². The standard InChI is InChI=1S/C22H17F3N2O3/c1-30-20-9-8-16(12-17(20)22(23,24)25)27-21(29)13-19(28)15-6-4-5-14(11-15)18-7-2-3-10-26-18/h2-12H,13H2,1H3,(H,27,29). The fourth-order valence-corrected chi connectivity index (χ4v) is 2.85. The first-order valence-corrected chi connectivity index (χ1v) is 8.87. The van der Waals surface area contributed by atoms with Crippen LogP contribution in [-0.2, 0) is 11.0 Å². The van der Waals surface area contributed by atoms with Gasteiger partial charge in [-0.1, -0.05) is 24.3 Å². The first-order valence-electron chi connectivity index (χ1n) is 8.87. The third-order valence-electron chi connectivity index (χ3n) is 4.25. The minimum Gasteiger partial charge on any atom is -0.496 e. The number of benzene rings is 2. The number of pyridine rings is 1. The quantitative estimate of drug-likeness (QED) is 0.456. The van der Waals surface area contributed by atoms with E-state index in [1.165, 1.54) is 6.07 Å². The number of methoxy groups -OCH3 is 1. The molecule has 1 aromatic heterocycles. The Morgan fingerprint density at radius 3 is 2.50 bits per heavy atom. The second-order valence-corrected chi connectivity index (χ2v) is 6.36. The fraction of sp³-hybridized carbons (Fsp3) is 0.136. The Hall–Kier alpha value is -3.68. The van der Waals surface area contributed by atoms with Crippen LogP contribution in [0.25, 0.3) is 11.3 Å². The molecule has 154 valence electrons. The highest BCUT2D eigenvalue weighted by Crippen LogP contribution is 2.37. The van der Waals surface area contributed by atoms with Crippen LogP contribution in [0.15, 0.2) is 66.9 Å². The van der Waals surface area contributed by atoms with Crippen molar-refractivity contribution in [3.8, 4) is 17.0 Å². The predicted molar refractivity (Wildman–Crippen MR) is 105 cm³/mol. The van der Waals surface area contributed by atoms with Gasteiger partial charge in [0.2, 0.25) is 5.91 Å². The Balaban J connectivity index is 1.72. The fourth-order valence-electron chi connectivity index (χ4n) is 2.85. The Kier molecular flexibility index (Phi) is 6.15. The molecule has 5 nitrogen and oxygen atoms in total. The lowest BCUT2D eigenvalue weighted by Gasteiger charge is -2.14. The maximum absolute atomic E-state index is 13.1. The number of Topliss-reactive ketones (excluding diaryl/α,β-unsaturated/α-hetero) is 1. The van der Waals surface area contributed by atoms with E-state index in [4.69, 9.17) is 4.74 Å². The van der Waals surface area contributed by atoms with Crippen molar-refractivity contribution in [2.75, 3.05) is 12.4 Å². The summed E-state index contributed by atoms with van der Waals surface area (Å²) in [7, 11) is 1.13. The lowest BCUT2D eigenvalue weighted by Crippen LogP contribution is -2.17. The van der Waals surface area contributed by atoms with Gasteiger partial charge in [0, 0.05) is 23.0 Å². The van der Waals surface area contributed by atoms with Crippen LogP contribution in [0.1, 0.15) is 22.3 Å². The molecule has 1 heterocycles. The monoisotopic (exact) mass is 414 g/mol. The van der Waals surface area contributed by atoms with Crippen LogP contribution in [0, 0.1) is 0 Å². The van der Waals surface area contributed by atoms with Crippen LogP contribution in [0.3, 0.4) is 0 Å². The molecule has 0 unspecified atom stereocenters. The molecule has 0 radical (unpaired) electrons. The highest BCUT2D eigenvalue weighted by Gasteiger charge is 2.34. The number of aromatic nitrogens is 1. The van der Waals surface area contributed by atoms with E-state index < -0.39 is 29.9 Å². The van der Waals surface area contributed by atoms with Gasteiger partial charge in [0.15, 0.2) is 5.78 Å². The topological polar surface area (TPSA) is 68.3 Å². The average molecular weight is 414 g/mol. The second-order valence-electron chi connectivity index (χ2n) is 6.36. The van der Waals surface area contributed by atoms with Crippen LogP contribution in [0.4, 0.5) is 18.9 Å². The van der Waals surface area contributed by atoms with Gasteiger partial charge >= 0.3 is 6.18 Å². The number of hydrogen-bond donors (Lipinski definition) is 1. The summed E-state index contributed by atoms with van der Waals surface area (Å²) in [5.41, 5.74) is 0.598. The van der Waals surface area contributed by atoms with Crippen molar-refractivity contribution in [2.45, 2.75) is 12.6 Å². The smallest absolute Gasteiger partial charge is 0.420 e. The zero-order valence-electron chi connectivity index (χ0n) is 15.9. The van der Waals surface area contributed by atoms with Crippen LogP contribution in [0.5, 0.6) is 5.75 Å². The molecule has 3 rings (SSSR count). The normalized spacial score (nSPS) is 11.1. The van der Waals surface area contributed by atoms with Crippen molar-refractivity contribution >= 4 is 17.4 Å². The third-order valence-corrected chi connectivity index (χ3v) is 4.25. The molecule has 3 aromatic rings. The minimum absolute atomic E-state index is 0.0804. The lowest BCUT2D eigenvalue weighted by atomic mass is 10.0. The first-order chi connectivity index (χ1) is 14.3. The number of halogens is 3. The highest BCUT2D eigenvalue weighted by molar-refractivity contribution is 6.11. The van der Waals surface area contributed by atoms with E-state index in [1.54, 1.807) is 42.6 Å². The molecule has 0 aliphatic rings. The minimum atomic E-state index is -4.65. The van der Waals surface area contributed by atoms with Gasteiger partial charge in [-0.05, 0) is 36.4 Å². The van der Waals surface area contributed by atoms with Gasteiger partial charge in [0.25, 0.3) is 0 Å². The van der Waals surface area contributed by atoms with Crippen LogP contribution < -0.4 is 10.1 Å². The molecule has 8 heteroatoms. The summed E-state index contributed by atoms with van der Waals surface area (Å²) in [6, 6.07) is 15.2. The number of rotatable bonds is 6. The Morgan fingerprint density at radius 1 is 1.03 bits per heavy atom. The second kappa shape index (κ2) is 8.77. The van der Waals surface area contributed by atoms with E-state index in [9.17, 15) is 22.8 Å². The Morgan fingerprint density at radius 2 is 1.83 bits per heavy atom. The van der Waals surface area contributed by atoms with E-state index in [1.807, 2.05) is 6.07 Å². The lowest BCUT2D eigenvalue weighted by molar-refractivity contribution is -0.138. The Bertz CT molecular complexity index is 1070. The van der Waals surface area contributed by atoms with Gasteiger partial charge in [-0.2, -0.15) is 13.2 Å². The summed E-state index contributed by atoms with van der Waals surface area (Å²) in [6.07, 6.45) is -3.53. The number of amides is 1. The molecule has 0 spiro atoms. The number of anilines is 1. The largest absolute Gasteiger partial charge is 0.496 e. The van der Waals surface area contributed by atoms with E-state index in [-0.39, 0.29) is 11.4 Å². The number of alkyl halides is 3. The predicted octanol–water partition coefficient (Wildman–Crippen LogP) is 4.99. The molecule has 0 atom stereocenters. The van der Waals surface area contributed by atoms with Gasteiger partial charge in [-0.15, -0.1) is 0 Å². The molecule has 30 heavy (non-hydrogen) atoms. The van der Waals surface area contributed by atoms with Crippen LogP contribution in [-0.4, -0.2) is 23.8 Å². The number of hydrogen-bond acceptors (Lipinski definition) is 4. The maximum Gasteiger partial charge on any atom is 0.420 e. The maximum atomic E-state index is 13.1. The van der Waals surface area contributed by atoms with Crippen LogP contribution in [0.2, 0.25) is 0 Å². The summed E-state index contributed by atoms with van der Waals surface area (Å²) in [6.45, 7) is 0. The molecule has 0 bridgehead atoms. The van der Waals surface area contributed by atoms with Crippen molar-refractivity contribution < 1.29 is 27.5 Å². The zero-order chi connectivity index (χ0) is 21.7. The molecule has 0 saturated carbocycles. The number of ketones is 1. The summed E-state index contributed by atoms with van der Waals surface area (Å²) in [5.74, 6) is -1.54. The first kappa shape index (κ1) is 21.0. The van der Waals surface area contributed by atoms with Gasteiger partial charge in [-0.3, -0.25) is 14.6 Å². The van der Waals surface area contributed by atoms with Gasteiger partial charge < -0.3 is 10.1 Å². The molecule has 1 amide bonds. The van der Waals surface area contributed by atoms with E-state index in [0.717, 1.165) is 19.2 Å². The molecule has 0 saturated heterocycles. The molecule has 0 fully saturated rings. The molecule has 0 aliphatic carbocycles. The molecular formula is C22H17F3N2O3. The van der Waals surface area contributed by atoms with Gasteiger partial charge in [-0.25, -0.2) is 0 Å². The van der Waals surface area contributed by atoms with Crippen molar-refractivity contribution in [1.29, 1.82) is 0 Å². The molecular weight excluding hydrogens is 397 g/mol. The highest BCUT2D eigenvalue weighted by atomic mass is 19.4. The SMILES string of the molecule is COc1ccc(NC(=O)CC(=O)c2cccc(-c3ccccn3)c2)cc1C(F)(F)F. The molecule has 2 aromatic carbocycles. The number of nitrogens with zero attached hydrogens (tertiary/aromatic N) is 1. The van der Waals surface area contributed by atoms with E-state index in [0.29, 0.717) is 16.8 Å². The summed E-state index contributed by atoms with van der Waals surface area (Å²) in [5, 5.41) is 2.33. The van der Waals surface area contributed by atoms with Crippen molar-refractivity contribution in [2.24, 2.45) is 0 Å². The third kappa shape index (κ3) is 5.02. The number of carbonyl (C=O) groups is 2. The van der Waals surface area contributed by atoms with Crippen LogP contribution >= 0.6 is 0 Å². The van der Waals surface area contributed by atoms with E-state index >= 15 is 0 Å². The summed E-state index contributed by atoms with van der Waals surface area (Å²) >= 11 is 0. The Labute approximate surface area is 170 Å². The number of nitrogens with one attached hydrogen (secondary N) is 1. The van der Waals surface area contributed by atoms with Gasteiger partial charge in [0.1, 0.15) is 5.75 Å². The number of carbonyl (C=O) groups excluding carboxylic acids is 2. The molecule has 0 aliphatic heterocycles. The number of ether oxygens (including phenoxy) is 1. The molecule has 1 N–H and O–H groups in total. The van der Waals surface area contributed by atoms with Gasteiger partial charge in [0.05, 0.1) is 24.8 Å². The zero-order valence-corrected chi connectivity index (χ0v) is 15.9. The van der Waals surface area contributed by atoms with E-state index in [2.05, 4.69) is 10.3 Å². The van der Waals surface area contributed by atoms with Crippen molar-refractivity contribution in [3.05, 3.63) is 78.0 Å².